The molecule has 1 aliphatic carbocycles. The molecule has 104 valence electrons. The number of aliphatic carboxylic acids is 1. The average molecular weight is 266 g/mol. The fourth-order valence-electron chi connectivity index (χ4n) is 2.33. The van der Waals surface area contributed by atoms with E-state index in [2.05, 4.69) is 10.4 Å². The van der Waals surface area contributed by atoms with Crippen LogP contribution in [0.15, 0.2) is 12.4 Å². The van der Waals surface area contributed by atoms with Crippen molar-refractivity contribution in [1.82, 2.24) is 15.1 Å². The van der Waals surface area contributed by atoms with Crippen molar-refractivity contribution in [2.24, 2.45) is 12.8 Å². The summed E-state index contributed by atoms with van der Waals surface area (Å²) in [7, 11) is 1.74. The number of carboxylic acids is 1. The van der Waals surface area contributed by atoms with E-state index in [0.717, 1.165) is 6.42 Å². The van der Waals surface area contributed by atoms with Gasteiger partial charge < -0.3 is 16.2 Å². The number of carbonyl (C=O) groups is 2. The Bertz CT molecular complexity index is 493. The number of hydrogen-bond acceptors (Lipinski definition) is 4. The predicted molar refractivity (Wildman–Crippen MR) is 67.1 cm³/mol. The van der Waals surface area contributed by atoms with Crippen LogP contribution in [0.4, 0.5) is 0 Å². The second-order valence-electron chi connectivity index (χ2n) is 5.12. The normalized spacial score (nSPS) is 18.4. The number of nitrogens with two attached hydrogens (primary N) is 1. The quantitative estimate of drug-likeness (QED) is 0.691. The van der Waals surface area contributed by atoms with E-state index in [1.807, 2.05) is 0 Å². The highest BCUT2D eigenvalue weighted by atomic mass is 16.4. The van der Waals surface area contributed by atoms with Gasteiger partial charge in [0.2, 0.25) is 5.91 Å². The first-order valence-electron chi connectivity index (χ1n) is 6.20. The zero-order chi connectivity index (χ0) is 14.0. The van der Waals surface area contributed by atoms with Gasteiger partial charge >= 0.3 is 5.97 Å². The van der Waals surface area contributed by atoms with Gasteiger partial charge in [0.25, 0.3) is 0 Å². The molecule has 0 aromatic carbocycles. The molecular weight excluding hydrogens is 248 g/mol. The Kier molecular flexibility index (Phi) is 3.57. The van der Waals surface area contributed by atoms with Gasteiger partial charge in [-0.25, -0.2) is 0 Å². The third-order valence-corrected chi connectivity index (χ3v) is 3.56. The molecule has 1 atom stereocenters. The summed E-state index contributed by atoms with van der Waals surface area (Å²) in [4.78, 5) is 22.9. The Balaban J connectivity index is 2.01. The van der Waals surface area contributed by atoms with E-state index in [4.69, 9.17) is 10.8 Å². The van der Waals surface area contributed by atoms with Crippen LogP contribution in [0, 0.1) is 0 Å². The van der Waals surface area contributed by atoms with Crippen molar-refractivity contribution in [3.05, 3.63) is 18.0 Å². The number of carboxylic acid groups (broad SMARTS) is 1. The third-order valence-electron chi connectivity index (χ3n) is 3.56. The maximum Gasteiger partial charge on any atom is 0.305 e. The van der Waals surface area contributed by atoms with Crippen molar-refractivity contribution in [2.75, 3.05) is 0 Å². The molecule has 1 heterocycles. The second kappa shape index (κ2) is 5.00. The van der Waals surface area contributed by atoms with Gasteiger partial charge in [-0.2, -0.15) is 5.10 Å². The molecule has 1 aliphatic rings. The smallest absolute Gasteiger partial charge is 0.305 e. The Labute approximate surface area is 110 Å². The molecule has 0 aliphatic heterocycles. The topological polar surface area (TPSA) is 110 Å². The number of hydrogen-bond donors (Lipinski definition) is 3. The molecule has 19 heavy (non-hydrogen) atoms. The molecule has 1 amide bonds. The van der Waals surface area contributed by atoms with E-state index in [0.29, 0.717) is 18.4 Å². The minimum absolute atomic E-state index is 0.0570. The van der Waals surface area contributed by atoms with Crippen LogP contribution in [0.3, 0.4) is 0 Å². The lowest BCUT2D eigenvalue weighted by Crippen LogP contribution is -2.56. The lowest BCUT2D eigenvalue weighted by atomic mass is 9.74. The van der Waals surface area contributed by atoms with Crippen molar-refractivity contribution >= 4 is 11.9 Å². The zero-order valence-electron chi connectivity index (χ0n) is 10.8. The molecule has 2 rings (SSSR count). The molecule has 0 spiro atoms. The van der Waals surface area contributed by atoms with E-state index in [9.17, 15) is 9.59 Å². The summed E-state index contributed by atoms with van der Waals surface area (Å²) in [6, 6.07) is -0.819. The van der Waals surface area contributed by atoms with Crippen LogP contribution in [0.25, 0.3) is 0 Å². The number of rotatable bonds is 5. The molecule has 0 radical (unpaired) electrons. The number of aryl methyl sites for hydroxylation is 1. The lowest BCUT2D eigenvalue weighted by molar-refractivity contribution is -0.140. The van der Waals surface area contributed by atoms with Crippen molar-refractivity contribution in [3.8, 4) is 0 Å². The van der Waals surface area contributed by atoms with E-state index in [-0.39, 0.29) is 12.3 Å². The fraction of sp³-hybridized carbons (Fsp3) is 0.583. The lowest BCUT2D eigenvalue weighted by Gasteiger charge is -2.42. The minimum atomic E-state index is -0.907. The molecule has 7 nitrogen and oxygen atoms in total. The Morgan fingerprint density at radius 1 is 1.63 bits per heavy atom. The Morgan fingerprint density at radius 2 is 2.32 bits per heavy atom. The van der Waals surface area contributed by atoms with E-state index in [1.165, 1.54) is 6.20 Å². The SMILES string of the molecule is Cn1cc(C(N)C(=O)NC2(CC(=O)O)CCC2)cn1. The molecule has 1 unspecified atom stereocenters. The van der Waals surface area contributed by atoms with Crippen LogP contribution in [-0.2, 0) is 16.6 Å². The predicted octanol–water partition coefficient (Wildman–Crippen LogP) is -0.0665. The van der Waals surface area contributed by atoms with E-state index >= 15 is 0 Å². The summed E-state index contributed by atoms with van der Waals surface area (Å²) in [5, 5.41) is 15.6. The maximum absolute atomic E-state index is 12.1. The number of amides is 1. The molecule has 7 heteroatoms. The summed E-state index contributed by atoms with van der Waals surface area (Å²) in [5.74, 6) is -1.26. The van der Waals surface area contributed by atoms with Crippen molar-refractivity contribution < 1.29 is 14.7 Å². The summed E-state index contributed by atoms with van der Waals surface area (Å²) >= 11 is 0. The maximum atomic E-state index is 12.1. The highest BCUT2D eigenvalue weighted by Gasteiger charge is 2.41. The summed E-state index contributed by atoms with van der Waals surface area (Å²) in [6.45, 7) is 0. The van der Waals surface area contributed by atoms with Crippen LogP contribution in [0.5, 0.6) is 0 Å². The number of nitrogens with zero attached hydrogens (tertiary/aromatic N) is 2. The molecule has 1 saturated carbocycles. The molecule has 1 fully saturated rings. The van der Waals surface area contributed by atoms with Crippen LogP contribution < -0.4 is 11.1 Å². The fourth-order valence-corrected chi connectivity index (χ4v) is 2.33. The van der Waals surface area contributed by atoms with Gasteiger partial charge in [-0.15, -0.1) is 0 Å². The van der Waals surface area contributed by atoms with Crippen molar-refractivity contribution in [3.63, 3.8) is 0 Å². The third kappa shape index (κ3) is 2.93. The van der Waals surface area contributed by atoms with E-state index in [1.54, 1.807) is 17.9 Å². The Morgan fingerprint density at radius 3 is 2.74 bits per heavy atom. The van der Waals surface area contributed by atoms with Gasteiger partial charge in [0, 0.05) is 18.8 Å². The number of nitrogens with one attached hydrogen (secondary N) is 1. The van der Waals surface area contributed by atoms with Crippen molar-refractivity contribution in [2.45, 2.75) is 37.3 Å². The summed E-state index contributed by atoms with van der Waals surface area (Å²) in [6.07, 6.45) is 5.45. The number of aromatic nitrogens is 2. The van der Waals surface area contributed by atoms with Crippen LogP contribution in [0.1, 0.15) is 37.3 Å². The zero-order valence-corrected chi connectivity index (χ0v) is 10.8. The van der Waals surface area contributed by atoms with Crippen molar-refractivity contribution in [1.29, 1.82) is 0 Å². The van der Waals surface area contributed by atoms with Crippen LogP contribution >= 0.6 is 0 Å². The first-order valence-corrected chi connectivity index (χ1v) is 6.20. The summed E-state index contributed by atoms with van der Waals surface area (Å²) in [5.41, 5.74) is 5.85. The van der Waals surface area contributed by atoms with E-state index < -0.39 is 17.6 Å². The first kappa shape index (κ1) is 13.5. The van der Waals surface area contributed by atoms with Crippen LogP contribution in [0.2, 0.25) is 0 Å². The Hall–Kier alpha value is -1.89. The summed E-state index contributed by atoms with van der Waals surface area (Å²) < 4.78 is 1.57. The van der Waals surface area contributed by atoms with Gasteiger partial charge in [0.05, 0.1) is 18.2 Å². The molecular formula is C12H18N4O3. The van der Waals surface area contributed by atoms with Crippen LogP contribution in [-0.4, -0.2) is 32.3 Å². The monoisotopic (exact) mass is 266 g/mol. The van der Waals surface area contributed by atoms with Gasteiger partial charge in [-0.3, -0.25) is 14.3 Å². The highest BCUT2D eigenvalue weighted by molar-refractivity contribution is 5.84. The van der Waals surface area contributed by atoms with Gasteiger partial charge in [-0.05, 0) is 19.3 Å². The van der Waals surface area contributed by atoms with Gasteiger partial charge in [0.15, 0.2) is 0 Å². The molecule has 0 saturated heterocycles. The van der Waals surface area contributed by atoms with Gasteiger partial charge in [-0.1, -0.05) is 0 Å². The molecule has 4 N–H and O–H groups in total. The highest BCUT2D eigenvalue weighted by Crippen LogP contribution is 2.35. The standard InChI is InChI=1S/C12H18N4O3/c1-16-7-8(6-14-16)10(13)11(19)15-12(3-2-4-12)5-9(17)18/h6-7,10H,2-5,13H2,1H3,(H,15,19)(H,17,18). The average Bonchev–Trinajstić information content (AvgIpc) is 2.71. The largest absolute Gasteiger partial charge is 0.481 e. The second-order valence-corrected chi connectivity index (χ2v) is 5.12. The molecule has 1 aromatic heterocycles. The van der Waals surface area contributed by atoms with Gasteiger partial charge in [0.1, 0.15) is 6.04 Å². The number of carbonyl (C=O) groups excluding carboxylic acids is 1. The minimum Gasteiger partial charge on any atom is -0.481 e. The molecule has 0 bridgehead atoms. The first-order chi connectivity index (χ1) is 8.92. The molecule has 1 aromatic rings.